The van der Waals surface area contributed by atoms with Gasteiger partial charge in [-0.2, -0.15) is 0 Å². The van der Waals surface area contributed by atoms with E-state index in [1.807, 2.05) is 0 Å². The van der Waals surface area contributed by atoms with Gasteiger partial charge in [-0.05, 0) is 6.07 Å². The second-order valence-electron chi connectivity index (χ2n) is 7.43. The van der Waals surface area contributed by atoms with Crippen molar-refractivity contribution in [1.29, 1.82) is 0 Å². The third kappa shape index (κ3) is 3.66. The van der Waals surface area contributed by atoms with Crippen molar-refractivity contribution in [1.82, 2.24) is 19.5 Å². The molecular weight excluding hydrogens is 486 g/mol. The van der Waals surface area contributed by atoms with Crippen LogP contribution in [0.2, 0.25) is 0 Å². The van der Waals surface area contributed by atoms with Gasteiger partial charge in [-0.1, -0.05) is 18.2 Å². The predicted octanol–water partition coefficient (Wildman–Crippen LogP) is 2.49. The number of para-hydroxylation sites is 1. The van der Waals surface area contributed by atoms with Crippen LogP contribution < -0.4 is 10.3 Å². The van der Waals surface area contributed by atoms with Gasteiger partial charge in [0.2, 0.25) is 0 Å². The van der Waals surface area contributed by atoms with Crippen LogP contribution in [0.1, 0.15) is 11.8 Å². The van der Waals surface area contributed by atoms with E-state index in [0.29, 0.717) is 11.3 Å². The number of fused-ring (bicyclic) bond motifs is 2. The molecule has 1 fully saturated rings. The van der Waals surface area contributed by atoms with Gasteiger partial charge in [0.1, 0.15) is 23.7 Å². The monoisotopic (exact) mass is 503 g/mol. The maximum absolute atomic E-state index is 15.2. The Morgan fingerprint density at radius 3 is 2.91 bits per heavy atom. The number of halogens is 3. The number of nitrogens with two attached hydrogens (primary N) is 1. The highest BCUT2D eigenvalue weighted by Crippen LogP contribution is 2.56. The molecule has 0 aliphatic carbocycles. The number of anilines is 1. The fraction of sp³-hybridized carbons (Fsp3) is 0.389. The van der Waals surface area contributed by atoms with E-state index in [0.717, 1.165) is 17.2 Å². The van der Waals surface area contributed by atoms with Crippen LogP contribution in [-0.4, -0.2) is 55.5 Å². The Morgan fingerprint density at radius 2 is 2.12 bits per heavy atom. The van der Waals surface area contributed by atoms with E-state index in [9.17, 15) is 13.9 Å². The lowest BCUT2D eigenvalue weighted by Gasteiger charge is -2.33. The molecule has 15 heteroatoms. The predicted molar refractivity (Wildman–Crippen MR) is 112 cm³/mol. The molecule has 33 heavy (non-hydrogen) atoms. The van der Waals surface area contributed by atoms with Crippen LogP contribution in [0.25, 0.3) is 11.2 Å². The number of hydrogen-bond donors (Lipinski definition) is 2. The second-order valence-corrected chi connectivity index (χ2v) is 10.4. The lowest BCUT2D eigenvalue weighted by Crippen LogP contribution is -2.50. The van der Waals surface area contributed by atoms with Crippen LogP contribution in [-0.2, 0) is 32.2 Å². The molecule has 3 aromatic rings. The smallest absolute Gasteiger partial charge is 0.381 e. The molecule has 2 aromatic heterocycles. The van der Waals surface area contributed by atoms with Crippen molar-refractivity contribution < 1.29 is 36.6 Å². The van der Waals surface area contributed by atoms with Gasteiger partial charge in [0.15, 0.2) is 29.5 Å². The molecule has 0 radical (unpaired) electrons. The zero-order chi connectivity index (χ0) is 23.4. The molecular formula is C18H17F3N5O5PS. The lowest BCUT2D eigenvalue weighted by molar-refractivity contribution is -0.182. The molecule has 0 saturated carbocycles. The number of rotatable bonds is 5. The van der Waals surface area contributed by atoms with Gasteiger partial charge in [-0.25, -0.2) is 28.1 Å². The zero-order valence-electron chi connectivity index (χ0n) is 16.6. The summed E-state index contributed by atoms with van der Waals surface area (Å²) in [5, 5.41) is 10.5. The highest BCUT2D eigenvalue weighted by atomic mass is 32.5. The number of nitrogens with zero attached hydrogens (tertiary/aromatic N) is 4. The summed E-state index contributed by atoms with van der Waals surface area (Å²) in [6.45, 7) is -4.52. The number of aliphatic hydroxyl groups excluding tert-OH is 1. The molecule has 1 unspecified atom stereocenters. The molecule has 1 aromatic carbocycles. The highest BCUT2D eigenvalue weighted by Gasteiger charge is 2.62. The third-order valence-electron chi connectivity index (χ3n) is 5.44. The number of aliphatic hydroxyl groups is 1. The molecule has 0 amide bonds. The number of aromatic nitrogens is 4. The highest BCUT2D eigenvalue weighted by molar-refractivity contribution is 8.07. The summed E-state index contributed by atoms with van der Waals surface area (Å²) in [6, 6.07) is 6.85. The number of benzene rings is 1. The van der Waals surface area contributed by atoms with Gasteiger partial charge >= 0.3 is 6.72 Å². The molecule has 0 spiro atoms. The van der Waals surface area contributed by atoms with Gasteiger partial charge in [0.05, 0.1) is 19.5 Å². The summed E-state index contributed by atoms with van der Waals surface area (Å²) in [5.41, 5.74) is 3.80. The van der Waals surface area contributed by atoms with Gasteiger partial charge in [-0.3, -0.25) is 13.6 Å². The standard InChI is InChI=1S/C18H17F3N5O5PS/c19-13-12(27)16(26-8-25-11-14(22)23-7-24-15(11)26)30-18(13,17(20)21)6-29-32(33)28-5-9-3-1-2-4-10(9)31-32/h1-4,7-8,12-13,16-17,27H,5-6H2,(H2,22,23,24)/t12-,13-,16-,18-,32?/m1/s1. The molecule has 3 N–H and O–H groups in total. The second kappa shape index (κ2) is 8.15. The number of ether oxygens (including phenoxy) is 1. The minimum absolute atomic E-state index is 0.0243. The fourth-order valence-corrected chi connectivity index (χ4v) is 5.48. The Kier molecular flexibility index (Phi) is 5.54. The van der Waals surface area contributed by atoms with Crippen molar-refractivity contribution in [3.05, 3.63) is 42.5 Å². The van der Waals surface area contributed by atoms with Gasteiger partial charge in [-0.15, -0.1) is 0 Å². The zero-order valence-corrected chi connectivity index (χ0v) is 18.3. The van der Waals surface area contributed by atoms with Crippen molar-refractivity contribution in [2.75, 3.05) is 12.3 Å². The maximum Gasteiger partial charge on any atom is 0.381 e. The molecule has 4 heterocycles. The average Bonchev–Trinajstić information content (AvgIpc) is 3.33. The summed E-state index contributed by atoms with van der Waals surface area (Å²) in [6.07, 6.45) is -7.26. The minimum Gasteiger partial charge on any atom is -0.424 e. The minimum atomic E-state index is -3.54. The Hall–Kier alpha value is -2.35. The quantitative estimate of drug-likeness (QED) is 0.502. The van der Waals surface area contributed by atoms with Crippen LogP contribution in [0.5, 0.6) is 5.75 Å². The average molecular weight is 503 g/mol. The molecule has 0 bridgehead atoms. The topological polar surface area (TPSA) is 127 Å². The van der Waals surface area contributed by atoms with Gasteiger partial charge < -0.3 is 20.1 Å². The van der Waals surface area contributed by atoms with Crippen molar-refractivity contribution in [3.8, 4) is 5.75 Å². The van der Waals surface area contributed by atoms with Crippen molar-refractivity contribution >= 4 is 35.5 Å². The van der Waals surface area contributed by atoms with Crippen molar-refractivity contribution in [3.63, 3.8) is 0 Å². The Labute approximate surface area is 189 Å². The Morgan fingerprint density at radius 1 is 1.33 bits per heavy atom. The summed E-state index contributed by atoms with van der Waals surface area (Å²) in [5.74, 6) is 0.415. The molecule has 10 nitrogen and oxygen atoms in total. The molecule has 1 saturated heterocycles. The van der Waals surface area contributed by atoms with E-state index < -0.39 is 43.9 Å². The Balaban J connectivity index is 1.42. The summed E-state index contributed by atoms with van der Waals surface area (Å²) in [4.78, 5) is 11.8. The van der Waals surface area contributed by atoms with Crippen LogP contribution in [0.3, 0.4) is 0 Å². The fourth-order valence-electron chi connectivity index (χ4n) is 3.67. The largest absolute Gasteiger partial charge is 0.424 e. The number of alkyl halides is 3. The van der Waals surface area contributed by atoms with Crippen LogP contribution in [0.4, 0.5) is 19.0 Å². The first-order valence-corrected chi connectivity index (χ1v) is 12.2. The SMILES string of the molecule is Nc1ncnc2c1ncn2[C@@H]1O[C@@](COP2(=S)OCc3ccccc3O2)(C(F)F)[C@H](F)[C@H]1O. The first-order chi connectivity index (χ1) is 15.7. The summed E-state index contributed by atoms with van der Waals surface area (Å²) < 4.78 is 66.6. The van der Waals surface area contributed by atoms with Gasteiger partial charge in [0, 0.05) is 17.4 Å². The van der Waals surface area contributed by atoms with Crippen LogP contribution >= 0.6 is 6.72 Å². The first kappa shape index (κ1) is 22.4. The van der Waals surface area contributed by atoms with Gasteiger partial charge in [0.25, 0.3) is 6.43 Å². The number of imidazole rings is 1. The molecule has 2 aliphatic heterocycles. The summed E-state index contributed by atoms with van der Waals surface area (Å²) >= 11 is 5.27. The lowest BCUT2D eigenvalue weighted by atomic mass is 9.98. The van der Waals surface area contributed by atoms with E-state index in [2.05, 4.69) is 15.0 Å². The molecule has 5 atom stereocenters. The normalized spacial score (nSPS) is 31.6. The third-order valence-corrected chi connectivity index (χ3v) is 7.61. The molecule has 5 rings (SSSR count). The maximum atomic E-state index is 15.2. The Bertz CT molecular complexity index is 1250. The van der Waals surface area contributed by atoms with E-state index in [1.165, 1.54) is 0 Å². The van der Waals surface area contributed by atoms with E-state index in [-0.39, 0.29) is 23.6 Å². The molecule has 176 valence electrons. The summed E-state index contributed by atoms with van der Waals surface area (Å²) in [7, 11) is 0. The van der Waals surface area contributed by atoms with Crippen LogP contribution in [0, 0.1) is 0 Å². The molecule has 2 aliphatic rings. The number of nitrogen functional groups attached to an aromatic ring is 1. The van der Waals surface area contributed by atoms with E-state index >= 15 is 4.39 Å². The first-order valence-electron chi connectivity index (χ1n) is 9.62. The van der Waals surface area contributed by atoms with E-state index in [1.54, 1.807) is 24.3 Å². The van der Waals surface area contributed by atoms with Crippen molar-refractivity contribution in [2.45, 2.75) is 37.1 Å². The van der Waals surface area contributed by atoms with Crippen LogP contribution in [0.15, 0.2) is 36.9 Å². The van der Waals surface area contributed by atoms with Crippen molar-refractivity contribution in [2.24, 2.45) is 0 Å². The number of hydrogen-bond acceptors (Lipinski definition) is 10. The van der Waals surface area contributed by atoms with E-state index in [4.69, 9.17) is 35.8 Å².